The number of benzene rings is 1. The fourth-order valence-corrected chi connectivity index (χ4v) is 3.15. The average molecular weight is 322 g/mol. The van der Waals surface area contributed by atoms with Crippen LogP contribution in [0.25, 0.3) is 0 Å². The van der Waals surface area contributed by atoms with Gasteiger partial charge < -0.3 is 10.6 Å². The molecule has 0 saturated heterocycles. The summed E-state index contributed by atoms with van der Waals surface area (Å²) in [5, 5.41) is 6.86. The van der Waals surface area contributed by atoms with E-state index in [9.17, 15) is 0 Å². The van der Waals surface area contributed by atoms with Crippen LogP contribution in [0.15, 0.2) is 33.7 Å². The molecule has 4 heteroatoms. The molecular formula is C15H20BrN3. The molecule has 19 heavy (non-hydrogen) atoms. The molecule has 1 unspecified atom stereocenters. The number of rotatable bonds is 3. The van der Waals surface area contributed by atoms with Crippen LogP contribution in [0.2, 0.25) is 0 Å². The molecule has 0 bridgehead atoms. The van der Waals surface area contributed by atoms with Crippen LogP contribution in [0.3, 0.4) is 0 Å². The van der Waals surface area contributed by atoms with Gasteiger partial charge in [0.1, 0.15) is 0 Å². The van der Waals surface area contributed by atoms with E-state index in [2.05, 4.69) is 62.7 Å². The van der Waals surface area contributed by atoms with E-state index in [1.54, 1.807) is 0 Å². The van der Waals surface area contributed by atoms with Crippen molar-refractivity contribution in [1.29, 1.82) is 0 Å². The zero-order valence-electron chi connectivity index (χ0n) is 11.2. The van der Waals surface area contributed by atoms with E-state index in [4.69, 9.17) is 0 Å². The Labute approximate surface area is 123 Å². The zero-order valence-corrected chi connectivity index (χ0v) is 12.8. The molecule has 1 aromatic carbocycles. The first-order valence-electron chi connectivity index (χ1n) is 6.99. The minimum atomic E-state index is 0.302. The van der Waals surface area contributed by atoms with Crippen molar-refractivity contribution in [3.05, 3.63) is 34.3 Å². The van der Waals surface area contributed by atoms with Crippen LogP contribution in [0, 0.1) is 0 Å². The van der Waals surface area contributed by atoms with Gasteiger partial charge in [0.15, 0.2) is 5.96 Å². The molecule has 2 N–H and O–H groups in total. The topological polar surface area (TPSA) is 36.4 Å². The zero-order chi connectivity index (χ0) is 13.3. The SMILES string of the molecule is CC1CN=C(NCC2(c3ccc(Br)cc3)CCC2)N1. The monoisotopic (exact) mass is 321 g/mol. The Hall–Kier alpha value is -1.03. The van der Waals surface area contributed by atoms with E-state index in [0.29, 0.717) is 11.5 Å². The van der Waals surface area contributed by atoms with E-state index in [1.807, 2.05) is 0 Å². The van der Waals surface area contributed by atoms with Crippen molar-refractivity contribution in [2.45, 2.75) is 37.6 Å². The molecule has 102 valence electrons. The lowest BCUT2D eigenvalue weighted by molar-refractivity contribution is 0.244. The van der Waals surface area contributed by atoms with Crippen molar-refractivity contribution in [2.24, 2.45) is 4.99 Å². The molecule has 3 nitrogen and oxygen atoms in total. The number of nitrogens with one attached hydrogen (secondary N) is 2. The van der Waals surface area contributed by atoms with Gasteiger partial charge in [-0.05, 0) is 37.5 Å². The molecule has 0 aromatic heterocycles. The number of guanidine groups is 1. The predicted molar refractivity (Wildman–Crippen MR) is 82.6 cm³/mol. The Balaban J connectivity index is 1.68. The summed E-state index contributed by atoms with van der Waals surface area (Å²) < 4.78 is 1.15. The summed E-state index contributed by atoms with van der Waals surface area (Å²) in [6.45, 7) is 4.02. The molecule has 1 atom stereocenters. The summed E-state index contributed by atoms with van der Waals surface area (Å²) in [6.07, 6.45) is 3.86. The van der Waals surface area contributed by atoms with Gasteiger partial charge in [0.05, 0.1) is 6.54 Å². The number of halogens is 1. The molecule has 0 radical (unpaired) electrons. The minimum Gasteiger partial charge on any atom is -0.356 e. The molecule has 1 aliphatic heterocycles. The summed E-state index contributed by atoms with van der Waals surface area (Å²) in [5.74, 6) is 0.968. The van der Waals surface area contributed by atoms with Gasteiger partial charge in [0, 0.05) is 22.5 Å². The molecule has 2 aliphatic rings. The third kappa shape index (κ3) is 2.64. The van der Waals surface area contributed by atoms with Crippen molar-refractivity contribution < 1.29 is 0 Å². The fourth-order valence-electron chi connectivity index (χ4n) is 2.89. The second-order valence-corrected chi connectivity index (χ2v) is 6.64. The Morgan fingerprint density at radius 1 is 1.37 bits per heavy atom. The summed E-state index contributed by atoms with van der Waals surface area (Å²) in [7, 11) is 0. The number of aliphatic imine (C=N–C) groups is 1. The lowest BCUT2D eigenvalue weighted by Gasteiger charge is -2.43. The maximum atomic E-state index is 4.47. The normalized spacial score (nSPS) is 24.3. The quantitative estimate of drug-likeness (QED) is 0.898. The van der Waals surface area contributed by atoms with E-state index < -0.39 is 0 Å². The van der Waals surface area contributed by atoms with Crippen LogP contribution in [0.1, 0.15) is 31.7 Å². The van der Waals surface area contributed by atoms with Gasteiger partial charge in [-0.3, -0.25) is 4.99 Å². The van der Waals surface area contributed by atoms with Crippen LogP contribution in [0.4, 0.5) is 0 Å². The highest BCUT2D eigenvalue weighted by Gasteiger charge is 2.38. The van der Waals surface area contributed by atoms with Gasteiger partial charge in [-0.15, -0.1) is 0 Å². The van der Waals surface area contributed by atoms with E-state index >= 15 is 0 Å². The van der Waals surface area contributed by atoms with Crippen molar-refractivity contribution >= 4 is 21.9 Å². The first-order chi connectivity index (χ1) is 9.18. The summed E-state index contributed by atoms with van der Waals surface area (Å²) >= 11 is 3.51. The summed E-state index contributed by atoms with van der Waals surface area (Å²) in [4.78, 5) is 4.47. The number of hydrogen-bond acceptors (Lipinski definition) is 3. The molecule has 1 heterocycles. The van der Waals surface area contributed by atoms with Crippen molar-refractivity contribution in [2.75, 3.05) is 13.1 Å². The van der Waals surface area contributed by atoms with Gasteiger partial charge in [-0.25, -0.2) is 0 Å². The molecule has 0 spiro atoms. The van der Waals surface area contributed by atoms with Gasteiger partial charge in [0.25, 0.3) is 0 Å². The average Bonchev–Trinajstić information content (AvgIpc) is 2.76. The second-order valence-electron chi connectivity index (χ2n) is 5.73. The highest BCUT2D eigenvalue weighted by Crippen LogP contribution is 2.43. The lowest BCUT2D eigenvalue weighted by atomic mass is 9.64. The van der Waals surface area contributed by atoms with Crippen LogP contribution in [-0.2, 0) is 5.41 Å². The van der Waals surface area contributed by atoms with Crippen LogP contribution >= 0.6 is 15.9 Å². The van der Waals surface area contributed by atoms with Crippen LogP contribution < -0.4 is 10.6 Å². The number of nitrogens with zero attached hydrogens (tertiary/aromatic N) is 1. The Morgan fingerprint density at radius 2 is 2.11 bits per heavy atom. The molecule has 1 aliphatic carbocycles. The molecule has 3 rings (SSSR count). The third-order valence-electron chi connectivity index (χ3n) is 4.27. The van der Waals surface area contributed by atoms with E-state index in [1.165, 1.54) is 24.8 Å². The minimum absolute atomic E-state index is 0.302. The van der Waals surface area contributed by atoms with Gasteiger partial charge in [0.2, 0.25) is 0 Å². The highest BCUT2D eigenvalue weighted by atomic mass is 79.9. The third-order valence-corrected chi connectivity index (χ3v) is 4.80. The second kappa shape index (κ2) is 5.16. The van der Waals surface area contributed by atoms with Crippen LogP contribution in [-0.4, -0.2) is 25.1 Å². The maximum absolute atomic E-state index is 4.47. The largest absolute Gasteiger partial charge is 0.356 e. The molecule has 1 saturated carbocycles. The van der Waals surface area contributed by atoms with Gasteiger partial charge in [-0.1, -0.05) is 34.5 Å². The predicted octanol–water partition coefficient (Wildman–Crippen LogP) is 2.81. The molecule has 0 amide bonds. The number of hydrogen-bond donors (Lipinski definition) is 2. The first kappa shape index (κ1) is 13.0. The molecule has 1 fully saturated rings. The Kier molecular flexibility index (Phi) is 3.52. The molecule has 1 aromatic rings. The van der Waals surface area contributed by atoms with Gasteiger partial charge >= 0.3 is 0 Å². The highest BCUT2D eigenvalue weighted by molar-refractivity contribution is 9.10. The fraction of sp³-hybridized carbons (Fsp3) is 0.533. The van der Waals surface area contributed by atoms with Crippen LogP contribution in [0.5, 0.6) is 0 Å². The standard InChI is InChI=1S/C15H20BrN3/c1-11-9-17-14(19-11)18-10-15(7-2-8-15)12-3-5-13(16)6-4-12/h3-6,11H,2,7-10H2,1H3,(H2,17,18,19). The first-order valence-corrected chi connectivity index (χ1v) is 7.78. The smallest absolute Gasteiger partial charge is 0.191 e. The van der Waals surface area contributed by atoms with E-state index in [0.717, 1.165) is 23.5 Å². The maximum Gasteiger partial charge on any atom is 0.191 e. The molecular weight excluding hydrogens is 302 g/mol. The van der Waals surface area contributed by atoms with Crippen molar-refractivity contribution in [1.82, 2.24) is 10.6 Å². The lowest BCUT2D eigenvalue weighted by Crippen LogP contribution is -2.48. The Morgan fingerprint density at radius 3 is 2.63 bits per heavy atom. The summed E-state index contributed by atoms with van der Waals surface area (Å²) in [5.41, 5.74) is 1.75. The summed E-state index contributed by atoms with van der Waals surface area (Å²) in [6, 6.07) is 9.24. The van der Waals surface area contributed by atoms with Crippen molar-refractivity contribution in [3.63, 3.8) is 0 Å². The van der Waals surface area contributed by atoms with Gasteiger partial charge in [-0.2, -0.15) is 0 Å². The Bertz CT molecular complexity index is 477. The van der Waals surface area contributed by atoms with E-state index in [-0.39, 0.29) is 0 Å². The van der Waals surface area contributed by atoms with Crippen molar-refractivity contribution in [3.8, 4) is 0 Å².